The molecule has 0 heterocycles. The Morgan fingerprint density at radius 3 is 2.22 bits per heavy atom. The van der Waals surface area contributed by atoms with Gasteiger partial charge in [-0.25, -0.2) is 0 Å². The maximum atomic E-state index is 4.93. The molecule has 0 radical (unpaired) electrons. The zero-order valence-electron chi connectivity index (χ0n) is 16.3. The van der Waals surface area contributed by atoms with Crippen molar-refractivity contribution in [3.8, 4) is 11.1 Å². The van der Waals surface area contributed by atoms with E-state index in [1.54, 1.807) is 11.1 Å². The summed E-state index contributed by atoms with van der Waals surface area (Å²) in [5.41, 5.74) is 8.82. The minimum absolute atomic E-state index is 0.638. The van der Waals surface area contributed by atoms with Crippen molar-refractivity contribution in [2.45, 2.75) is 58.3 Å². The Bertz CT molecular complexity index is 771. The molecule has 0 aliphatic heterocycles. The molecule has 1 fully saturated rings. The molecule has 2 aliphatic rings. The Labute approximate surface area is 183 Å². The van der Waals surface area contributed by atoms with Gasteiger partial charge in [-0.05, 0) is 58.9 Å². The molecule has 2 aliphatic carbocycles. The molecule has 0 unspecified atom stereocenters. The first-order chi connectivity index (χ1) is 13.1. The summed E-state index contributed by atoms with van der Waals surface area (Å²) in [4.78, 5) is 0. The molecule has 0 bridgehead atoms. The molecular formula is C24H28Cl2Zr. The van der Waals surface area contributed by atoms with E-state index in [0.29, 0.717) is 5.92 Å². The van der Waals surface area contributed by atoms with E-state index in [4.69, 9.17) is 17.0 Å². The number of fused-ring (bicyclic) bond motifs is 1. The third-order valence-electron chi connectivity index (χ3n) is 5.96. The van der Waals surface area contributed by atoms with E-state index < -0.39 is 20.8 Å². The van der Waals surface area contributed by atoms with Crippen molar-refractivity contribution in [3.63, 3.8) is 0 Å². The van der Waals surface area contributed by atoms with Gasteiger partial charge in [-0.15, -0.1) is 0 Å². The summed E-state index contributed by atoms with van der Waals surface area (Å²) in [6.45, 7) is 4.60. The normalized spacial score (nSPS) is 16.4. The fraction of sp³-hybridized carbons (Fsp3) is 0.417. The standard InChI is InChI=1S/C24H28.2ClH.Zr/c1-17(2)22-15-21-9-6-10-23(24(21)16-22)20-13-11-19(12-14-20)18-7-4-3-5-8-18;;;/h6,9-14,16-18H,3-5,7-8,15H2,1-2H3;2*1H;/q;;;+2/p-2. The van der Waals surface area contributed by atoms with Crippen LogP contribution < -0.4 is 0 Å². The van der Waals surface area contributed by atoms with Crippen molar-refractivity contribution in [2.75, 3.05) is 0 Å². The molecule has 0 N–H and O–H groups in total. The van der Waals surface area contributed by atoms with Crippen molar-refractivity contribution in [1.82, 2.24) is 0 Å². The second-order valence-electron chi connectivity index (χ2n) is 7.96. The van der Waals surface area contributed by atoms with Gasteiger partial charge in [0.1, 0.15) is 0 Å². The summed E-state index contributed by atoms with van der Waals surface area (Å²) in [7, 11) is 9.87. The molecule has 2 aromatic carbocycles. The van der Waals surface area contributed by atoms with Crippen LogP contribution in [0.2, 0.25) is 0 Å². The fourth-order valence-electron chi connectivity index (χ4n) is 4.39. The topological polar surface area (TPSA) is 0 Å². The Morgan fingerprint density at radius 2 is 1.59 bits per heavy atom. The van der Waals surface area contributed by atoms with E-state index >= 15 is 0 Å². The molecular weight excluding hydrogens is 450 g/mol. The van der Waals surface area contributed by atoms with E-state index in [-0.39, 0.29) is 0 Å². The van der Waals surface area contributed by atoms with Crippen LogP contribution in [0.3, 0.4) is 0 Å². The third-order valence-corrected chi connectivity index (χ3v) is 5.96. The van der Waals surface area contributed by atoms with E-state index in [1.807, 2.05) is 0 Å². The quantitative estimate of drug-likeness (QED) is 0.416. The Morgan fingerprint density at radius 1 is 0.926 bits per heavy atom. The molecule has 3 heteroatoms. The molecule has 0 nitrogen and oxygen atoms in total. The van der Waals surface area contributed by atoms with Crippen LogP contribution in [-0.4, -0.2) is 0 Å². The molecule has 0 atom stereocenters. The molecule has 1 saturated carbocycles. The van der Waals surface area contributed by atoms with Crippen molar-refractivity contribution in [2.24, 2.45) is 5.92 Å². The van der Waals surface area contributed by atoms with Gasteiger partial charge in [0, 0.05) is 0 Å². The second kappa shape index (κ2) is 10.4. The fourth-order valence-corrected chi connectivity index (χ4v) is 4.39. The van der Waals surface area contributed by atoms with Gasteiger partial charge < -0.3 is 0 Å². The predicted octanol–water partition coefficient (Wildman–Crippen LogP) is 8.37. The number of benzene rings is 2. The van der Waals surface area contributed by atoms with Gasteiger partial charge >= 0.3 is 37.9 Å². The monoisotopic (exact) mass is 476 g/mol. The summed E-state index contributed by atoms with van der Waals surface area (Å²) >= 11 is -0.826. The number of hydrogen-bond donors (Lipinski definition) is 0. The molecule has 0 amide bonds. The second-order valence-corrected chi connectivity index (χ2v) is 11.7. The Hall–Kier alpha value is -0.357. The minimum atomic E-state index is -0.826. The van der Waals surface area contributed by atoms with Crippen LogP contribution in [0.5, 0.6) is 0 Å². The Balaban J connectivity index is 0.000000659. The van der Waals surface area contributed by atoms with E-state index in [1.165, 1.54) is 54.4 Å². The average molecular weight is 479 g/mol. The zero-order chi connectivity index (χ0) is 19.2. The van der Waals surface area contributed by atoms with E-state index in [2.05, 4.69) is 62.4 Å². The molecule has 4 rings (SSSR count). The number of allylic oxidation sites excluding steroid dienone is 1. The first kappa shape index (κ1) is 21.4. The van der Waals surface area contributed by atoms with Crippen LogP contribution >= 0.6 is 17.0 Å². The Kier molecular flexibility index (Phi) is 8.25. The van der Waals surface area contributed by atoms with Gasteiger partial charge in [-0.2, -0.15) is 0 Å². The van der Waals surface area contributed by atoms with E-state index in [9.17, 15) is 0 Å². The summed E-state index contributed by atoms with van der Waals surface area (Å²) in [6, 6.07) is 16.3. The van der Waals surface area contributed by atoms with Crippen LogP contribution in [-0.2, 0) is 27.3 Å². The van der Waals surface area contributed by atoms with Crippen LogP contribution in [0, 0.1) is 5.92 Å². The average Bonchev–Trinajstić information content (AvgIpc) is 3.14. The summed E-state index contributed by atoms with van der Waals surface area (Å²) in [6.07, 6.45) is 10.5. The molecule has 142 valence electrons. The van der Waals surface area contributed by atoms with Gasteiger partial charge in [0.05, 0.1) is 0 Å². The molecule has 0 spiro atoms. The summed E-state index contributed by atoms with van der Waals surface area (Å²) in [5, 5.41) is 0. The van der Waals surface area contributed by atoms with Crippen LogP contribution in [0.4, 0.5) is 0 Å². The first-order valence-electron chi connectivity index (χ1n) is 10.0. The number of hydrogen-bond acceptors (Lipinski definition) is 0. The maximum absolute atomic E-state index is 4.93. The third kappa shape index (κ3) is 5.37. The molecule has 27 heavy (non-hydrogen) atoms. The molecule has 2 aromatic rings. The van der Waals surface area contributed by atoms with Crippen molar-refractivity contribution < 1.29 is 20.8 Å². The van der Waals surface area contributed by atoms with Crippen LogP contribution in [0.25, 0.3) is 17.2 Å². The number of rotatable bonds is 3. The first-order valence-corrected chi connectivity index (χ1v) is 16.4. The van der Waals surface area contributed by atoms with Gasteiger partial charge in [0.2, 0.25) is 0 Å². The predicted molar refractivity (Wildman–Crippen MR) is 116 cm³/mol. The number of halogens is 2. The van der Waals surface area contributed by atoms with Gasteiger partial charge in [-0.3, -0.25) is 0 Å². The molecule has 0 aromatic heterocycles. The van der Waals surface area contributed by atoms with Gasteiger partial charge in [0.15, 0.2) is 0 Å². The van der Waals surface area contributed by atoms with E-state index in [0.717, 1.165) is 12.3 Å². The van der Waals surface area contributed by atoms with Crippen molar-refractivity contribution in [3.05, 3.63) is 64.7 Å². The summed E-state index contributed by atoms with van der Waals surface area (Å²) in [5.74, 6) is 1.43. The summed E-state index contributed by atoms with van der Waals surface area (Å²) < 4.78 is 0. The zero-order valence-corrected chi connectivity index (χ0v) is 20.2. The molecule has 0 saturated heterocycles. The SMILES string of the molecule is CC(C)C1=Cc2c(cccc2-c2ccc(C3CCCCC3)cc2)C1.[Cl][Zr][Cl]. The van der Waals surface area contributed by atoms with Crippen LogP contribution in [0.1, 0.15) is 68.6 Å². The van der Waals surface area contributed by atoms with Gasteiger partial charge in [0.25, 0.3) is 0 Å². The van der Waals surface area contributed by atoms with Crippen molar-refractivity contribution in [1.29, 1.82) is 0 Å². The van der Waals surface area contributed by atoms with Crippen molar-refractivity contribution >= 4 is 23.1 Å². The van der Waals surface area contributed by atoms with Gasteiger partial charge in [-0.1, -0.05) is 87.2 Å². The van der Waals surface area contributed by atoms with Crippen LogP contribution in [0.15, 0.2) is 48.0 Å².